The Bertz CT molecular complexity index is 2730. The van der Waals surface area contributed by atoms with Gasteiger partial charge in [-0.15, -0.1) is 0 Å². The summed E-state index contributed by atoms with van der Waals surface area (Å²) in [5.41, 5.74) is 14.7. The SMILES string of the molecule is c1ccc(-c2ccc3c(-c4ccc(-c5ccc6ccccc6c5)cc4)c(-c4ccccc4)ccc3c2-c2ccc(-c3ccc4ccccc4c3)cc2)cc1. The van der Waals surface area contributed by atoms with Gasteiger partial charge in [0.05, 0.1) is 0 Å². The van der Waals surface area contributed by atoms with Crippen LogP contribution in [0.3, 0.4) is 0 Å². The van der Waals surface area contributed by atoms with Gasteiger partial charge in [0.15, 0.2) is 0 Å². The van der Waals surface area contributed by atoms with Crippen molar-refractivity contribution in [3.05, 3.63) is 218 Å². The molecule has 0 unspecified atom stereocenters. The van der Waals surface area contributed by atoms with E-state index >= 15 is 0 Å². The van der Waals surface area contributed by atoms with E-state index in [1.165, 1.54) is 99.1 Å². The van der Waals surface area contributed by atoms with E-state index in [9.17, 15) is 0 Å². The molecule has 0 aliphatic heterocycles. The van der Waals surface area contributed by atoms with Gasteiger partial charge < -0.3 is 0 Å². The predicted octanol–water partition coefficient (Wildman–Crippen LogP) is 15.1. The van der Waals surface area contributed by atoms with Gasteiger partial charge in [0.2, 0.25) is 0 Å². The van der Waals surface area contributed by atoms with Crippen LogP contribution in [-0.4, -0.2) is 0 Å². The number of hydrogen-bond donors (Lipinski definition) is 0. The minimum Gasteiger partial charge on any atom is -0.0622 e. The Balaban J connectivity index is 1.15. The molecule has 0 aliphatic carbocycles. The van der Waals surface area contributed by atoms with Crippen molar-refractivity contribution in [2.75, 3.05) is 0 Å². The van der Waals surface area contributed by atoms with Crippen molar-refractivity contribution in [2.24, 2.45) is 0 Å². The lowest BCUT2D eigenvalue weighted by Gasteiger charge is -2.20. The van der Waals surface area contributed by atoms with Gasteiger partial charge in [0.25, 0.3) is 0 Å². The van der Waals surface area contributed by atoms with Crippen LogP contribution in [0.5, 0.6) is 0 Å². The molecule has 0 fully saturated rings. The van der Waals surface area contributed by atoms with Crippen molar-refractivity contribution < 1.29 is 0 Å². The molecule has 0 aliphatic rings. The van der Waals surface area contributed by atoms with Gasteiger partial charge in [-0.3, -0.25) is 0 Å². The van der Waals surface area contributed by atoms with Crippen LogP contribution < -0.4 is 0 Å². The van der Waals surface area contributed by atoms with E-state index in [-0.39, 0.29) is 0 Å². The van der Waals surface area contributed by atoms with Crippen LogP contribution in [0.4, 0.5) is 0 Å². The summed E-state index contributed by atoms with van der Waals surface area (Å²) in [4.78, 5) is 0. The standard InChI is InChI=1S/C54H36/c1-3-13-41(14-4-1)49-31-33-52-51(53(49)43-25-19-39(20-26-43)47-29-23-37-11-7-9-17-45(37)35-47)34-32-50(42-15-5-2-6-16-42)54(52)44-27-21-40(22-28-44)48-30-24-38-12-8-10-18-46(38)36-48/h1-36H. The average Bonchev–Trinajstić information content (AvgIpc) is 3.26. The van der Waals surface area contributed by atoms with E-state index in [2.05, 4.69) is 218 Å². The van der Waals surface area contributed by atoms with Crippen molar-refractivity contribution >= 4 is 32.3 Å². The van der Waals surface area contributed by atoms with Crippen LogP contribution >= 0.6 is 0 Å². The first-order valence-corrected chi connectivity index (χ1v) is 18.7. The van der Waals surface area contributed by atoms with Crippen LogP contribution in [-0.2, 0) is 0 Å². The lowest BCUT2D eigenvalue weighted by atomic mass is 9.84. The Hall–Kier alpha value is -7.02. The topological polar surface area (TPSA) is 0 Å². The third kappa shape index (κ3) is 5.75. The molecule has 0 bridgehead atoms. The van der Waals surface area contributed by atoms with Crippen LogP contribution in [0.1, 0.15) is 0 Å². The highest BCUT2D eigenvalue weighted by Crippen LogP contribution is 2.45. The highest BCUT2D eigenvalue weighted by Gasteiger charge is 2.18. The van der Waals surface area contributed by atoms with Gasteiger partial charge in [0.1, 0.15) is 0 Å². The Labute approximate surface area is 316 Å². The lowest BCUT2D eigenvalue weighted by Crippen LogP contribution is -1.93. The molecule has 0 nitrogen and oxygen atoms in total. The van der Waals surface area contributed by atoms with Crippen molar-refractivity contribution in [3.63, 3.8) is 0 Å². The Morgan fingerprint density at radius 2 is 0.519 bits per heavy atom. The van der Waals surface area contributed by atoms with E-state index in [0.717, 1.165) is 0 Å². The molecule has 252 valence electrons. The fourth-order valence-electron chi connectivity index (χ4n) is 8.14. The van der Waals surface area contributed by atoms with Crippen molar-refractivity contribution in [2.45, 2.75) is 0 Å². The first kappa shape index (κ1) is 31.7. The second kappa shape index (κ2) is 13.5. The zero-order valence-electron chi connectivity index (χ0n) is 29.8. The van der Waals surface area contributed by atoms with E-state index in [0.29, 0.717) is 0 Å². The highest BCUT2D eigenvalue weighted by atomic mass is 14.2. The second-order valence-electron chi connectivity index (χ2n) is 14.1. The largest absolute Gasteiger partial charge is 0.0622 e. The highest BCUT2D eigenvalue weighted by molar-refractivity contribution is 6.13. The molecule has 54 heavy (non-hydrogen) atoms. The number of rotatable bonds is 6. The van der Waals surface area contributed by atoms with Gasteiger partial charge in [-0.1, -0.05) is 206 Å². The summed E-state index contributed by atoms with van der Waals surface area (Å²) in [5.74, 6) is 0. The van der Waals surface area contributed by atoms with Gasteiger partial charge in [0, 0.05) is 0 Å². The van der Waals surface area contributed by atoms with Gasteiger partial charge in [-0.05, 0) is 111 Å². The molecule has 0 radical (unpaired) electrons. The van der Waals surface area contributed by atoms with Crippen molar-refractivity contribution in [1.29, 1.82) is 0 Å². The summed E-state index contributed by atoms with van der Waals surface area (Å²) >= 11 is 0. The average molecular weight is 685 g/mol. The maximum atomic E-state index is 2.34. The summed E-state index contributed by atoms with van der Waals surface area (Å²) < 4.78 is 0. The van der Waals surface area contributed by atoms with Gasteiger partial charge in [-0.25, -0.2) is 0 Å². The maximum absolute atomic E-state index is 2.34. The zero-order valence-corrected chi connectivity index (χ0v) is 29.8. The molecule has 0 spiro atoms. The zero-order chi connectivity index (χ0) is 35.8. The molecule has 0 atom stereocenters. The first-order valence-electron chi connectivity index (χ1n) is 18.7. The summed E-state index contributed by atoms with van der Waals surface area (Å²) in [7, 11) is 0. The maximum Gasteiger partial charge on any atom is -0.00266 e. The van der Waals surface area contributed by atoms with Crippen LogP contribution in [0, 0.1) is 0 Å². The van der Waals surface area contributed by atoms with Gasteiger partial charge in [-0.2, -0.15) is 0 Å². The fraction of sp³-hybridized carbons (Fsp3) is 0. The Morgan fingerprint density at radius 3 is 0.926 bits per heavy atom. The Kier molecular flexibility index (Phi) is 7.93. The van der Waals surface area contributed by atoms with Gasteiger partial charge >= 0.3 is 0 Å². The molecule has 10 aromatic carbocycles. The summed E-state index contributed by atoms with van der Waals surface area (Å²) in [6.45, 7) is 0. The minimum absolute atomic E-state index is 1.20. The van der Waals surface area contributed by atoms with Crippen LogP contribution in [0.2, 0.25) is 0 Å². The molecule has 0 aromatic heterocycles. The molecule has 0 N–H and O–H groups in total. The van der Waals surface area contributed by atoms with E-state index in [1.54, 1.807) is 0 Å². The molecule has 0 heterocycles. The quantitative estimate of drug-likeness (QED) is 0.164. The first-order chi connectivity index (χ1) is 26.8. The molecular weight excluding hydrogens is 649 g/mol. The predicted molar refractivity (Wildman–Crippen MR) is 232 cm³/mol. The normalized spacial score (nSPS) is 11.3. The Morgan fingerprint density at radius 1 is 0.185 bits per heavy atom. The summed E-state index contributed by atoms with van der Waals surface area (Å²) in [5, 5.41) is 7.51. The molecule has 0 saturated carbocycles. The number of hydrogen-bond acceptors (Lipinski definition) is 0. The molecule has 0 heteroatoms. The minimum atomic E-state index is 1.20. The van der Waals surface area contributed by atoms with Crippen LogP contribution in [0.25, 0.3) is 99.1 Å². The summed E-state index contributed by atoms with van der Waals surface area (Å²) in [6.07, 6.45) is 0. The molecular formula is C54H36. The summed E-state index contributed by atoms with van der Waals surface area (Å²) in [6, 6.07) is 79.8. The van der Waals surface area contributed by atoms with E-state index < -0.39 is 0 Å². The number of fused-ring (bicyclic) bond motifs is 3. The van der Waals surface area contributed by atoms with E-state index in [4.69, 9.17) is 0 Å². The molecule has 10 aromatic rings. The lowest BCUT2D eigenvalue weighted by molar-refractivity contribution is 1.58. The molecule has 10 rings (SSSR count). The fourth-order valence-corrected chi connectivity index (χ4v) is 8.14. The molecule has 0 amide bonds. The van der Waals surface area contributed by atoms with Crippen LogP contribution in [0.15, 0.2) is 218 Å². The number of benzene rings is 10. The van der Waals surface area contributed by atoms with Crippen molar-refractivity contribution in [1.82, 2.24) is 0 Å². The smallest absolute Gasteiger partial charge is 0.00266 e. The third-order valence-electron chi connectivity index (χ3n) is 10.9. The van der Waals surface area contributed by atoms with Crippen molar-refractivity contribution in [3.8, 4) is 66.8 Å². The van der Waals surface area contributed by atoms with E-state index in [1.807, 2.05) is 0 Å². The molecule has 0 saturated heterocycles. The second-order valence-corrected chi connectivity index (χ2v) is 14.1. The monoisotopic (exact) mass is 684 g/mol. The third-order valence-corrected chi connectivity index (χ3v) is 10.9.